The van der Waals surface area contributed by atoms with E-state index in [1.807, 2.05) is 0 Å². The Hall–Kier alpha value is -2.46. The minimum absolute atomic E-state index is 0.161. The van der Waals surface area contributed by atoms with Crippen LogP contribution in [0.25, 0.3) is 0 Å². The fraction of sp³-hybridized carbons (Fsp3) is 0.455. The molecule has 0 radical (unpaired) electrons. The summed E-state index contributed by atoms with van der Waals surface area (Å²) in [5.74, 6) is -0.886. The summed E-state index contributed by atoms with van der Waals surface area (Å²) in [5.41, 5.74) is 1.30. The number of ether oxygens (including phenoxy) is 2. The molecule has 2 aliphatic rings. The molecule has 7 nitrogen and oxygen atoms in total. The van der Waals surface area contributed by atoms with Gasteiger partial charge < -0.3 is 25.2 Å². The molecule has 3 N–H and O–H groups in total. The zero-order chi connectivity index (χ0) is 21.8. The van der Waals surface area contributed by atoms with Crippen LogP contribution in [0.4, 0.5) is 8.78 Å². The molecule has 5 atom stereocenters. The summed E-state index contributed by atoms with van der Waals surface area (Å²) in [7, 11) is 0. The SMILES string of the molecule is O=C(CC1CC2OC(CNCc3ccncc3F)C(O)C2O1)NCc1ccc(F)cc1. The van der Waals surface area contributed by atoms with Crippen LogP contribution in [0, 0.1) is 11.6 Å². The van der Waals surface area contributed by atoms with Gasteiger partial charge >= 0.3 is 0 Å². The Morgan fingerprint density at radius 3 is 2.71 bits per heavy atom. The normalized spacial score (nSPS) is 27.3. The molecule has 1 aromatic carbocycles. The molecule has 0 bridgehead atoms. The molecule has 4 rings (SSSR count). The number of aliphatic hydroxyl groups excluding tert-OH is 1. The first-order valence-electron chi connectivity index (χ1n) is 10.3. The van der Waals surface area contributed by atoms with Gasteiger partial charge in [0.2, 0.25) is 5.91 Å². The van der Waals surface area contributed by atoms with Crippen LogP contribution in [0.3, 0.4) is 0 Å². The van der Waals surface area contributed by atoms with Crippen molar-refractivity contribution in [3.63, 3.8) is 0 Å². The molecule has 1 aromatic heterocycles. The lowest BCUT2D eigenvalue weighted by atomic mass is 10.1. The van der Waals surface area contributed by atoms with Gasteiger partial charge in [-0.3, -0.25) is 9.78 Å². The van der Waals surface area contributed by atoms with Crippen molar-refractivity contribution in [1.29, 1.82) is 0 Å². The molecule has 31 heavy (non-hydrogen) atoms. The molecule has 2 saturated heterocycles. The number of fused-ring (bicyclic) bond motifs is 1. The fourth-order valence-corrected chi connectivity index (χ4v) is 3.99. The van der Waals surface area contributed by atoms with Gasteiger partial charge in [-0.05, 0) is 23.8 Å². The van der Waals surface area contributed by atoms with E-state index in [0.717, 1.165) is 11.8 Å². The molecular weight excluding hydrogens is 408 g/mol. The van der Waals surface area contributed by atoms with Gasteiger partial charge in [0.25, 0.3) is 0 Å². The molecule has 3 heterocycles. The molecular formula is C22H25F2N3O4. The highest BCUT2D eigenvalue weighted by Gasteiger charge is 2.50. The first kappa shape index (κ1) is 21.8. The quantitative estimate of drug-likeness (QED) is 0.584. The predicted molar refractivity (Wildman–Crippen MR) is 107 cm³/mol. The number of nitrogens with one attached hydrogen (secondary N) is 2. The number of halogens is 2. The fourth-order valence-electron chi connectivity index (χ4n) is 3.99. The predicted octanol–water partition coefficient (Wildman–Crippen LogP) is 1.44. The highest BCUT2D eigenvalue weighted by atomic mass is 19.1. The van der Waals surface area contributed by atoms with Crippen LogP contribution in [0.1, 0.15) is 24.0 Å². The van der Waals surface area contributed by atoms with Gasteiger partial charge in [0.15, 0.2) is 0 Å². The summed E-state index contributed by atoms with van der Waals surface area (Å²) in [4.78, 5) is 15.9. The van der Waals surface area contributed by atoms with Crippen molar-refractivity contribution in [1.82, 2.24) is 15.6 Å². The summed E-state index contributed by atoms with van der Waals surface area (Å²) in [6.07, 6.45) is 0.961. The van der Waals surface area contributed by atoms with E-state index in [0.29, 0.717) is 31.6 Å². The van der Waals surface area contributed by atoms with Gasteiger partial charge in [0.1, 0.15) is 23.8 Å². The molecule has 1 amide bonds. The zero-order valence-corrected chi connectivity index (χ0v) is 16.8. The molecule has 166 valence electrons. The third-order valence-electron chi connectivity index (χ3n) is 5.61. The van der Waals surface area contributed by atoms with Gasteiger partial charge in [-0.2, -0.15) is 0 Å². The molecule has 0 aliphatic carbocycles. The maximum Gasteiger partial charge on any atom is 0.222 e. The smallest absolute Gasteiger partial charge is 0.222 e. The number of hydrogen-bond acceptors (Lipinski definition) is 6. The summed E-state index contributed by atoms with van der Waals surface area (Å²) in [6.45, 7) is 0.958. The van der Waals surface area contributed by atoms with Crippen molar-refractivity contribution in [2.24, 2.45) is 0 Å². The minimum atomic E-state index is -0.827. The van der Waals surface area contributed by atoms with Gasteiger partial charge in [-0.1, -0.05) is 12.1 Å². The molecule has 2 aliphatic heterocycles. The van der Waals surface area contributed by atoms with Crippen LogP contribution in [-0.2, 0) is 27.4 Å². The number of rotatable bonds is 8. The number of amides is 1. The van der Waals surface area contributed by atoms with Gasteiger partial charge in [0, 0.05) is 37.8 Å². The number of pyridine rings is 1. The van der Waals surface area contributed by atoms with Crippen molar-refractivity contribution in [2.45, 2.75) is 56.5 Å². The Morgan fingerprint density at radius 1 is 1.16 bits per heavy atom. The Labute approximate surface area is 178 Å². The summed E-state index contributed by atoms with van der Waals surface area (Å²) < 4.78 is 38.3. The van der Waals surface area contributed by atoms with Crippen molar-refractivity contribution < 1.29 is 28.2 Å². The maximum absolute atomic E-state index is 13.6. The van der Waals surface area contributed by atoms with E-state index in [9.17, 15) is 18.7 Å². The lowest BCUT2D eigenvalue weighted by molar-refractivity contribution is -0.124. The Morgan fingerprint density at radius 2 is 1.97 bits per heavy atom. The number of aromatic nitrogens is 1. The molecule has 9 heteroatoms. The van der Waals surface area contributed by atoms with Crippen LogP contribution in [0.2, 0.25) is 0 Å². The third kappa shape index (κ3) is 5.43. The van der Waals surface area contributed by atoms with Crippen molar-refractivity contribution in [2.75, 3.05) is 6.54 Å². The summed E-state index contributed by atoms with van der Waals surface area (Å²) in [6, 6.07) is 7.53. The van der Waals surface area contributed by atoms with Crippen LogP contribution in [0.5, 0.6) is 0 Å². The first-order chi connectivity index (χ1) is 15.0. The van der Waals surface area contributed by atoms with Crippen LogP contribution < -0.4 is 10.6 Å². The number of carbonyl (C=O) groups is 1. The van der Waals surface area contributed by atoms with E-state index < -0.39 is 18.3 Å². The van der Waals surface area contributed by atoms with Crippen molar-refractivity contribution in [3.05, 3.63) is 65.5 Å². The lowest BCUT2D eigenvalue weighted by Crippen LogP contribution is -2.39. The van der Waals surface area contributed by atoms with E-state index in [1.54, 1.807) is 18.2 Å². The number of hydrogen-bond donors (Lipinski definition) is 3. The number of carbonyl (C=O) groups excluding carboxylic acids is 1. The van der Waals surface area contributed by atoms with E-state index in [1.165, 1.54) is 18.3 Å². The molecule has 0 saturated carbocycles. The Balaban J connectivity index is 1.18. The number of nitrogens with zero attached hydrogens (tertiary/aromatic N) is 1. The van der Waals surface area contributed by atoms with Crippen molar-refractivity contribution in [3.8, 4) is 0 Å². The number of aliphatic hydroxyl groups is 1. The second kappa shape index (κ2) is 9.78. The van der Waals surface area contributed by atoms with Crippen LogP contribution in [0.15, 0.2) is 42.7 Å². The van der Waals surface area contributed by atoms with Crippen LogP contribution in [-0.4, -0.2) is 53.1 Å². The van der Waals surface area contributed by atoms with Crippen LogP contribution >= 0.6 is 0 Å². The average molecular weight is 433 g/mol. The Kier molecular flexibility index (Phi) is 6.86. The summed E-state index contributed by atoms with van der Waals surface area (Å²) >= 11 is 0. The maximum atomic E-state index is 13.6. The largest absolute Gasteiger partial charge is 0.388 e. The van der Waals surface area contributed by atoms with E-state index in [-0.39, 0.29) is 36.2 Å². The molecule has 5 unspecified atom stereocenters. The molecule has 2 fully saturated rings. The third-order valence-corrected chi connectivity index (χ3v) is 5.61. The average Bonchev–Trinajstić information content (AvgIpc) is 3.27. The van der Waals surface area contributed by atoms with E-state index in [2.05, 4.69) is 15.6 Å². The van der Waals surface area contributed by atoms with E-state index in [4.69, 9.17) is 9.47 Å². The lowest BCUT2D eigenvalue weighted by Gasteiger charge is -2.20. The summed E-state index contributed by atoms with van der Waals surface area (Å²) in [5, 5.41) is 16.4. The van der Waals surface area contributed by atoms with Gasteiger partial charge in [-0.15, -0.1) is 0 Å². The number of benzene rings is 1. The zero-order valence-electron chi connectivity index (χ0n) is 16.8. The minimum Gasteiger partial charge on any atom is -0.388 e. The molecule has 0 spiro atoms. The topological polar surface area (TPSA) is 92.7 Å². The monoisotopic (exact) mass is 433 g/mol. The highest BCUT2D eigenvalue weighted by Crippen LogP contribution is 2.35. The molecule has 2 aromatic rings. The second-order valence-corrected chi connectivity index (χ2v) is 7.87. The van der Waals surface area contributed by atoms with Gasteiger partial charge in [-0.25, -0.2) is 8.78 Å². The Bertz CT molecular complexity index is 899. The first-order valence-corrected chi connectivity index (χ1v) is 10.3. The second-order valence-electron chi connectivity index (χ2n) is 7.87. The highest BCUT2D eigenvalue weighted by molar-refractivity contribution is 5.76. The standard InChI is InChI=1S/C22H25F2N3O4/c23-15-3-1-13(2-4-15)9-27-20(28)8-16-7-18-22(30-16)21(29)19(31-18)12-26-10-14-5-6-25-11-17(14)24/h1-6,11,16,18-19,21-22,26,29H,7-10,12H2,(H,27,28). The van der Waals surface area contributed by atoms with Crippen molar-refractivity contribution >= 4 is 5.91 Å². The van der Waals surface area contributed by atoms with Gasteiger partial charge in [0.05, 0.1) is 30.9 Å². The van der Waals surface area contributed by atoms with E-state index >= 15 is 0 Å².